The number of nitro groups is 1. The largest absolute Gasteiger partial charge is 0.370 e. The van der Waals surface area contributed by atoms with Crippen LogP contribution in [0.3, 0.4) is 0 Å². The minimum absolute atomic E-state index is 0.0813. The van der Waals surface area contributed by atoms with Crippen LogP contribution in [0.15, 0.2) is 12.1 Å². The van der Waals surface area contributed by atoms with Crippen LogP contribution in [0.25, 0.3) is 0 Å². The normalized spacial score (nSPS) is 11.1. The van der Waals surface area contributed by atoms with Crippen LogP contribution in [0.5, 0.6) is 0 Å². The first-order valence-corrected chi connectivity index (χ1v) is 8.30. The summed E-state index contributed by atoms with van der Waals surface area (Å²) in [4.78, 5) is 14.6. The van der Waals surface area contributed by atoms with Gasteiger partial charge in [0, 0.05) is 19.6 Å². The van der Waals surface area contributed by atoms with E-state index in [2.05, 4.69) is 20.3 Å². The zero-order valence-corrected chi connectivity index (χ0v) is 12.7. The quantitative estimate of drug-likeness (QED) is 0.349. The van der Waals surface area contributed by atoms with Crippen molar-refractivity contribution in [1.82, 2.24) is 9.71 Å². The minimum Gasteiger partial charge on any atom is -0.370 e. The van der Waals surface area contributed by atoms with Crippen molar-refractivity contribution in [1.29, 1.82) is 0 Å². The number of sulfonamides is 1. The molecular formula is C11H19N5O4S. The van der Waals surface area contributed by atoms with E-state index in [9.17, 15) is 18.5 Å². The second-order valence-electron chi connectivity index (χ2n) is 4.37. The Morgan fingerprint density at radius 2 is 1.76 bits per heavy atom. The summed E-state index contributed by atoms with van der Waals surface area (Å²) in [5.74, 6) is 0.725. The smallest absolute Gasteiger partial charge is 0.276 e. The molecule has 0 spiro atoms. The fourth-order valence-electron chi connectivity index (χ4n) is 1.48. The summed E-state index contributed by atoms with van der Waals surface area (Å²) in [6.45, 7) is 3.07. The van der Waals surface area contributed by atoms with E-state index < -0.39 is 14.9 Å². The molecule has 0 aromatic carbocycles. The number of anilines is 2. The molecule has 0 aliphatic rings. The van der Waals surface area contributed by atoms with Gasteiger partial charge < -0.3 is 10.6 Å². The average molecular weight is 317 g/mol. The highest BCUT2D eigenvalue weighted by molar-refractivity contribution is 7.88. The van der Waals surface area contributed by atoms with E-state index in [1.54, 1.807) is 0 Å². The second-order valence-corrected chi connectivity index (χ2v) is 6.21. The lowest BCUT2D eigenvalue weighted by atomic mass is 10.3. The van der Waals surface area contributed by atoms with Crippen molar-refractivity contribution >= 4 is 27.3 Å². The van der Waals surface area contributed by atoms with Gasteiger partial charge in [0.05, 0.1) is 23.3 Å². The number of aromatic nitrogens is 1. The summed E-state index contributed by atoms with van der Waals surface area (Å²) in [6, 6.07) is 2.66. The van der Waals surface area contributed by atoms with Gasteiger partial charge in [-0.3, -0.25) is 10.1 Å². The molecule has 1 aromatic rings. The van der Waals surface area contributed by atoms with Gasteiger partial charge in [0.2, 0.25) is 10.0 Å². The summed E-state index contributed by atoms with van der Waals surface area (Å²) >= 11 is 0. The predicted octanol–water partition coefficient (Wildman–Crippen LogP) is 0.773. The fraction of sp³-hybridized carbons (Fsp3) is 0.545. The minimum atomic E-state index is -3.25. The van der Waals surface area contributed by atoms with Crippen molar-refractivity contribution in [3.8, 4) is 0 Å². The Morgan fingerprint density at radius 1 is 1.19 bits per heavy atom. The molecule has 0 fully saturated rings. The molecule has 0 aliphatic heterocycles. The molecule has 1 aromatic heterocycles. The second kappa shape index (κ2) is 7.74. The molecule has 0 saturated heterocycles. The molecule has 0 atom stereocenters. The monoisotopic (exact) mass is 317 g/mol. The molecule has 21 heavy (non-hydrogen) atoms. The summed E-state index contributed by atoms with van der Waals surface area (Å²) < 4.78 is 24.1. The molecule has 118 valence electrons. The molecule has 1 rings (SSSR count). The van der Waals surface area contributed by atoms with Gasteiger partial charge in [-0.05, 0) is 6.42 Å². The topological polar surface area (TPSA) is 126 Å². The standard InChI is InChI=1S/C11H19N5O4S/c1-3-4-12-10-7-9(16(17)18)8-11(15-10)13-5-6-14-21(2,19)20/h7-8,14H,3-6H2,1-2H3,(H2,12,13,15). The molecule has 0 saturated carbocycles. The number of nitrogens with zero attached hydrogens (tertiary/aromatic N) is 2. The Hall–Kier alpha value is -1.94. The third-order valence-corrected chi connectivity index (χ3v) is 3.10. The molecule has 0 unspecified atom stereocenters. The van der Waals surface area contributed by atoms with Gasteiger partial charge in [0.15, 0.2) is 0 Å². The third kappa shape index (κ3) is 6.86. The molecule has 9 nitrogen and oxygen atoms in total. The molecule has 3 N–H and O–H groups in total. The van der Waals surface area contributed by atoms with Gasteiger partial charge in [-0.15, -0.1) is 0 Å². The van der Waals surface area contributed by atoms with Crippen LogP contribution in [0, 0.1) is 10.1 Å². The van der Waals surface area contributed by atoms with Crippen molar-refractivity contribution in [2.24, 2.45) is 0 Å². The maximum Gasteiger partial charge on any atom is 0.276 e. The Bertz CT molecular complexity index is 590. The maximum atomic E-state index is 10.9. The van der Waals surface area contributed by atoms with E-state index in [1.807, 2.05) is 6.92 Å². The van der Waals surface area contributed by atoms with Crippen LogP contribution < -0.4 is 15.4 Å². The molecule has 0 aliphatic carbocycles. The van der Waals surface area contributed by atoms with E-state index in [0.29, 0.717) is 18.2 Å². The lowest BCUT2D eigenvalue weighted by Gasteiger charge is -2.09. The van der Waals surface area contributed by atoms with Gasteiger partial charge in [-0.25, -0.2) is 18.1 Å². The van der Waals surface area contributed by atoms with Gasteiger partial charge >= 0.3 is 0 Å². The van der Waals surface area contributed by atoms with E-state index in [1.165, 1.54) is 12.1 Å². The first kappa shape index (κ1) is 17.1. The van der Waals surface area contributed by atoms with Crippen molar-refractivity contribution in [3.05, 3.63) is 22.2 Å². The Morgan fingerprint density at radius 3 is 2.24 bits per heavy atom. The predicted molar refractivity (Wildman–Crippen MR) is 81.0 cm³/mol. The lowest BCUT2D eigenvalue weighted by molar-refractivity contribution is -0.384. The first-order chi connectivity index (χ1) is 9.81. The van der Waals surface area contributed by atoms with Gasteiger partial charge in [0.1, 0.15) is 11.6 Å². The Kier molecular flexibility index (Phi) is 6.31. The first-order valence-electron chi connectivity index (χ1n) is 6.40. The number of hydrogen-bond donors (Lipinski definition) is 3. The summed E-state index contributed by atoms with van der Waals surface area (Å²) in [7, 11) is -3.25. The maximum absolute atomic E-state index is 10.9. The third-order valence-electron chi connectivity index (χ3n) is 2.37. The number of pyridine rings is 1. The molecule has 10 heteroatoms. The Balaban J connectivity index is 2.71. The van der Waals surface area contributed by atoms with E-state index >= 15 is 0 Å². The summed E-state index contributed by atoms with van der Waals surface area (Å²) in [5.41, 5.74) is -0.0813. The molecule has 1 heterocycles. The van der Waals surface area contributed by atoms with Crippen LogP contribution in [-0.2, 0) is 10.0 Å². The van der Waals surface area contributed by atoms with Crippen LogP contribution in [0.2, 0.25) is 0 Å². The van der Waals surface area contributed by atoms with Gasteiger partial charge in [-0.1, -0.05) is 6.92 Å². The van der Waals surface area contributed by atoms with Crippen LogP contribution in [0.1, 0.15) is 13.3 Å². The highest BCUT2D eigenvalue weighted by Gasteiger charge is 2.11. The molecule has 0 bridgehead atoms. The fourth-order valence-corrected chi connectivity index (χ4v) is 1.96. The van der Waals surface area contributed by atoms with Gasteiger partial charge in [-0.2, -0.15) is 0 Å². The lowest BCUT2D eigenvalue weighted by Crippen LogP contribution is -2.27. The van der Waals surface area contributed by atoms with Crippen LogP contribution in [-0.4, -0.2) is 44.2 Å². The average Bonchev–Trinajstić information content (AvgIpc) is 2.40. The van der Waals surface area contributed by atoms with Crippen molar-refractivity contribution < 1.29 is 13.3 Å². The molecule has 0 amide bonds. The van der Waals surface area contributed by atoms with Crippen LogP contribution >= 0.6 is 0 Å². The van der Waals surface area contributed by atoms with Crippen molar-refractivity contribution in [2.75, 3.05) is 36.5 Å². The van der Waals surface area contributed by atoms with Crippen molar-refractivity contribution in [2.45, 2.75) is 13.3 Å². The molecular weight excluding hydrogens is 298 g/mol. The number of hydrogen-bond acceptors (Lipinski definition) is 7. The molecule has 0 radical (unpaired) electrons. The SMILES string of the molecule is CCCNc1cc([N+](=O)[O-])cc(NCCNS(C)(=O)=O)n1. The summed E-state index contributed by atoms with van der Waals surface area (Å²) in [6.07, 6.45) is 1.93. The van der Waals surface area contributed by atoms with Gasteiger partial charge in [0.25, 0.3) is 5.69 Å². The van der Waals surface area contributed by atoms with Crippen LogP contribution in [0.4, 0.5) is 17.3 Å². The number of nitrogens with one attached hydrogen (secondary N) is 3. The number of rotatable bonds is 9. The highest BCUT2D eigenvalue weighted by Crippen LogP contribution is 2.20. The Labute approximate surface area is 123 Å². The van der Waals surface area contributed by atoms with E-state index in [4.69, 9.17) is 0 Å². The van der Waals surface area contributed by atoms with Crippen molar-refractivity contribution in [3.63, 3.8) is 0 Å². The highest BCUT2D eigenvalue weighted by atomic mass is 32.2. The summed E-state index contributed by atoms with van der Waals surface area (Å²) in [5, 5.41) is 16.7. The van der Waals surface area contributed by atoms with E-state index in [0.717, 1.165) is 12.7 Å². The van der Waals surface area contributed by atoms with E-state index in [-0.39, 0.29) is 18.8 Å². The zero-order valence-electron chi connectivity index (χ0n) is 11.9. The zero-order chi connectivity index (χ0) is 15.9.